The summed E-state index contributed by atoms with van der Waals surface area (Å²) in [4.78, 5) is 0. The minimum atomic E-state index is 0.143. The molecule has 1 aromatic rings. The lowest BCUT2D eigenvalue weighted by Crippen LogP contribution is -2.36. The first kappa shape index (κ1) is 13.6. The van der Waals surface area contributed by atoms with E-state index in [-0.39, 0.29) is 5.41 Å². The highest BCUT2D eigenvalue weighted by atomic mass is 32.1. The summed E-state index contributed by atoms with van der Waals surface area (Å²) >= 11 is 4.47. The fourth-order valence-electron chi connectivity index (χ4n) is 2.08. The molecule has 2 rings (SSSR count). The maximum Gasteiger partial charge on any atom is 0.123 e. The maximum atomic E-state index is 5.90. The van der Waals surface area contributed by atoms with Crippen molar-refractivity contribution in [2.75, 3.05) is 32.7 Å². The van der Waals surface area contributed by atoms with E-state index in [1.54, 1.807) is 7.11 Å². The summed E-state index contributed by atoms with van der Waals surface area (Å²) in [5.41, 5.74) is 0.143. The van der Waals surface area contributed by atoms with E-state index in [1.165, 1.54) is 0 Å². The highest BCUT2D eigenvalue weighted by molar-refractivity contribution is 7.80. The molecule has 0 amide bonds. The first-order chi connectivity index (χ1) is 8.78. The van der Waals surface area contributed by atoms with Gasteiger partial charge < -0.3 is 14.2 Å². The molecule has 0 aromatic heterocycles. The van der Waals surface area contributed by atoms with Gasteiger partial charge in [-0.1, -0.05) is 6.07 Å². The second-order valence-electron chi connectivity index (χ2n) is 4.74. The van der Waals surface area contributed by atoms with Gasteiger partial charge in [0.1, 0.15) is 11.5 Å². The van der Waals surface area contributed by atoms with E-state index in [4.69, 9.17) is 14.2 Å². The molecule has 18 heavy (non-hydrogen) atoms. The lowest BCUT2D eigenvalue weighted by atomic mass is 9.83. The Labute approximate surface area is 114 Å². The molecule has 0 radical (unpaired) electrons. The van der Waals surface area contributed by atoms with Crippen LogP contribution in [0.4, 0.5) is 0 Å². The molecule has 1 fully saturated rings. The van der Waals surface area contributed by atoms with Gasteiger partial charge in [-0.05, 0) is 30.7 Å². The molecule has 0 aliphatic carbocycles. The van der Waals surface area contributed by atoms with E-state index in [0.717, 1.165) is 43.3 Å². The third kappa shape index (κ3) is 3.33. The van der Waals surface area contributed by atoms with Crippen molar-refractivity contribution in [3.8, 4) is 11.5 Å². The van der Waals surface area contributed by atoms with E-state index in [2.05, 4.69) is 12.6 Å². The molecule has 3 nitrogen and oxygen atoms in total. The third-order valence-electron chi connectivity index (χ3n) is 3.48. The Morgan fingerprint density at radius 3 is 2.67 bits per heavy atom. The number of rotatable bonds is 5. The first-order valence-electron chi connectivity index (χ1n) is 6.23. The van der Waals surface area contributed by atoms with Gasteiger partial charge in [-0.15, -0.1) is 0 Å². The Bertz CT molecular complexity index is 375. The summed E-state index contributed by atoms with van der Waals surface area (Å²) in [6.07, 6.45) is 2.03. The van der Waals surface area contributed by atoms with Gasteiger partial charge in [-0.25, -0.2) is 0 Å². The lowest BCUT2D eigenvalue weighted by molar-refractivity contribution is 0.00307. The molecule has 0 unspecified atom stereocenters. The van der Waals surface area contributed by atoms with E-state index in [0.29, 0.717) is 6.61 Å². The molecule has 1 aliphatic heterocycles. The van der Waals surface area contributed by atoms with Crippen LogP contribution in [0.25, 0.3) is 0 Å². The van der Waals surface area contributed by atoms with Crippen molar-refractivity contribution in [1.82, 2.24) is 0 Å². The van der Waals surface area contributed by atoms with Gasteiger partial charge in [0.15, 0.2) is 0 Å². The predicted molar refractivity (Wildman–Crippen MR) is 74.8 cm³/mol. The zero-order chi connectivity index (χ0) is 12.8. The van der Waals surface area contributed by atoms with E-state index in [1.807, 2.05) is 24.3 Å². The van der Waals surface area contributed by atoms with E-state index in [9.17, 15) is 0 Å². The van der Waals surface area contributed by atoms with Crippen molar-refractivity contribution < 1.29 is 14.2 Å². The molecule has 0 spiro atoms. The second-order valence-corrected chi connectivity index (χ2v) is 5.05. The molecule has 0 atom stereocenters. The lowest BCUT2D eigenvalue weighted by Gasteiger charge is -2.35. The minimum Gasteiger partial charge on any atom is -0.497 e. The van der Waals surface area contributed by atoms with Crippen LogP contribution in [0.3, 0.4) is 0 Å². The molecule has 100 valence electrons. The molecule has 1 saturated heterocycles. The molecular formula is C14H20O3S. The van der Waals surface area contributed by atoms with Crippen molar-refractivity contribution in [1.29, 1.82) is 0 Å². The standard InChI is InChI=1S/C14H20O3S/c1-15-12-3-2-4-13(9-12)17-10-14(11-18)5-7-16-8-6-14/h2-4,9,18H,5-8,10-11H2,1H3. The number of hydrogen-bond donors (Lipinski definition) is 1. The average molecular weight is 268 g/mol. The van der Waals surface area contributed by atoms with Crippen molar-refractivity contribution >= 4 is 12.6 Å². The van der Waals surface area contributed by atoms with Crippen molar-refractivity contribution in [3.05, 3.63) is 24.3 Å². The fraction of sp³-hybridized carbons (Fsp3) is 0.571. The van der Waals surface area contributed by atoms with Crippen LogP contribution in [0.2, 0.25) is 0 Å². The van der Waals surface area contributed by atoms with Crippen LogP contribution in [0.5, 0.6) is 11.5 Å². The molecule has 0 bridgehead atoms. The smallest absolute Gasteiger partial charge is 0.123 e. The van der Waals surface area contributed by atoms with Gasteiger partial charge in [-0.3, -0.25) is 0 Å². The summed E-state index contributed by atoms with van der Waals surface area (Å²) in [5.74, 6) is 2.50. The largest absolute Gasteiger partial charge is 0.497 e. The monoisotopic (exact) mass is 268 g/mol. The SMILES string of the molecule is COc1cccc(OCC2(CS)CCOCC2)c1. The Morgan fingerprint density at radius 2 is 2.00 bits per heavy atom. The summed E-state index contributed by atoms with van der Waals surface area (Å²) in [6, 6.07) is 7.71. The van der Waals surface area contributed by atoms with Crippen LogP contribution in [0, 0.1) is 5.41 Å². The Balaban J connectivity index is 1.96. The Kier molecular flexibility index (Phi) is 4.78. The van der Waals surface area contributed by atoms with Gasteiger partial charge in [0.05, 0.1) is 13.7 Å². The first-order valence-corrected chi connectivity index (χ1v) is 6.87. The van der Waals surface area contributed by atoms with Crippen molar-refractivity contribution in [2.45, 2.75) is 12.8 Å². The maximum absolute atomic E-state index is 5.90. The molecule has 1 aromatic carbocycles. The second kappa shape index (κ2) is 6.34. The normalized spacial score (nSPS) is 18.3. The van der Waals surface area contributed by atoms with Crippen LogP contribution in [0.1, 0.15) is 12.8 Å². The van der Waals surface area contributed by atoms with E-state index >= 15 is 0 Å². The number of thiol groups is 1. The minimum absolute atomic E-state index is 0.143. The van der Waals surface area contributed by atoms with Crippen LogP contribution in [-0.2, 0) is 4.74 Å². The number of methoxy groups -OCH3 is 1. The summed E-state index contributed by atoms with van der Waals surface area (Å²) < 4.78 is 16.5. The van der Waals surface area contributed by atoms with E-state index < -0.39 is 0 Å². The average Bonchev–Trinajstić information content (AvgIpc) is 2.46. The van der Waals surface area contributed by atoms with Crippen LogP contribution >= 0.6 is 12.6 Å². The summed E-state index contributed by atoms with van der Waals surface area (Å²) in [7, 11) is 1.66. The van der Waals surface area contributed by atoms with Gasteiger partial charge in [-0.2, -0.15) is 12.6 Å². The molecule has 0 N–H and O–H groups in total. The zero-order valence-corrected chi connectivity index (χ0v) is 11.6. The fourth-order valence-corrected chi connectivity index (χ4v) is 2.49. The molecule has 1 aliphatic rings. The zero-order valence-electron chi connectivity index (χ0n) is 10.7. The van der Waals surface area contributed by atoms with Crippen LogP contribution in [0.15, 0.2) is 24.3 Å². The highest BCUT2D eigenvalue weighted by Crippen LogP contribution is 2.33. The third-order valence-corrected chi connectivity index (χ3v) is 4.15. The number of benzene rings is 1. The van der Waals surface area contributed by atoms with Gasteiger partial charge in [0, 0.05) is 24.7 Å². The summed E-state index contributed by atoms with van der Waals surface area (Å²) in [5, 5.41) is 0. The molecule has 4 heteroatoms. The molecule has 1 heterocycles. The molecule has 0 saturated carbocycles. The highest BCUT2D eigenvalue weighted by Gasteiger charge is 2.32. The van der Waals surface area contributed by atoms with Gasteiger partial charge in [0.2, 0.25) is 0 Å². The van der Waals surface area contributed by atoms with Crippen LogP contribution in [-0.4, -0.2) is 32.7 Å². The number of hydrogen-bond acceptors (Lipinski definition) is 4. The number of ether oxygens (including phenoxy) is 3. The van der Waals surface area contributed by atoms with Crippen LogP contribution < -0.4 is 9.47 Å². The molecular weight excluding hydrogens is 248 g/mol. The predicted octanol–water partition coefficient (Wildman–Crippen LogP) is 2.80. The Hall–Kier alpha value is -0.870. The van der Waals surface area contributed by atoms with Crippen molar-refractivity contribution in [2.24, 2.45) is 5.41 Å². The summed E-state index contributed by atoms with van der Waals surface area (Å²) in [6.45, 7) is 2.30. The van der Waals surface area contributed by atoms with Gasteiger partial charge in [0.25, 0.3) is 0 Å². The van der Waals surface area contributed by atoms with Gasteiger partial charge >= 0.3 is 0 Å². The Morgan fingerprint density at radius 1 is 1.28 bits per heavy atom. The topological polar surface area (TPSA) is 27.7 Å². The quantitative estimate of drug-likeness (QED) is 0.832. The van der Waals surface area contributed by atoms with Crippen molar-refractivity contribution in [3.63, 3.8) is 0 Å².